The van der Waals surface area contributed by atoms with Crippen LogP contribution in [0.5, 0.6) is 0 Å². The Labute approximate surface area is 75.4 Å². The second-order valence-electron chi connectivity index (χ2n) is 1.22. The van der Waals surface area contributed by atoms with E-state index in [4.69, 9.17) is 4.89 Å². The molecule has 6 heteroatoms. The molecule has 0 saturated carbocycles. The first-order valence-electron chi connectivity index (χ1n) is 1.90. The molecule has 0 heterocycles. The van der Waals surface area contributed by atoms with Crippen molar-refractivity contribution in [3.63, 3.8) is 0 Å². The molecule has 0 aromatic rings. The summed E-state index contributed by atoms with van der Waals surface area (Å²) in [6.45, 7) is 1.00. The normalized spacial score (nSPS) is 15.4. The van der Waals surface area contributed by atoms with E-state index in [2.05, 4.69) is 4.52 Å². The zero-order valence-corrected chi connectivity index (χ0v) is 5.51. The third-order valence-corrected chi connectivity index (χ3v) is 1.94. The van der Waals surface area contributed by atoms with Crippen molar-refractivity contribution in [2.75, 3.05) is 7.11 Å². The van der Waals surface area contributed by atoms with Crippen LogP contribution in [0.15, 0.2) is 0 Å². The van der Waals surface area contributed by atoms with Gasteiger partial charge < -0.3 is 9.42 Å². The van der Waals surface area contributed by atoms with Crippen LogP contribution < -0.4 is 0 Å². The van der Waals surface area contributed by atoms with Crippen LogP contribution in [0, 0.1) is 0 Å². The summed E-state index contributed by atoms with van der Waals surface area (Å²) < 4.78 is 14.2. The van der Waals surface area contributed by atoms with Gasteiger partial charge in [-0.2, -0.15) is 0 Å². The van der Waals surface area contributed by atoms with Crippen molar-refractivity contribution in [2.24, 2.45) is 0 Å². The quantitative estimate of drug-likeness (QED) is 0.447. The third kappa shape index (κ3) is 4.25. The van der Waals surface area contributed by atoms with Crippen LogP contribution in [0.25, 0.3) is 0 Å². The summed E-state index contributed by atoms with van der Waals surface area (Å²) in [5.74, 6) is 0. The molecule has 0 spiro atoms. The van der Waals surface area contributed by atoms with E-state index < -0.39 is 13.1 Å². The van der Waals surface area contributed by atoms with Crippen molar-refractivity contribution in [3.05, 3.63) is 0 Å². The van der Waals surface area contributed by atoms with Crippen LogP contribution in [0.4, 0.5) is 0 Å². The Bertz CT molecular complexity index is 145. The number of carbonyl (C=O) groups is 1. The van der Waals surface area contributed by atoms with Crippen LogP contribution in [0.1, 0.15) is 6.92 Å². The van der Waals surface area contributed by atoms with E-state index in [0.29, 0.717) is 0 Å². The molecule has 1 N–H and O–H groups in total. The molecule has 0 amide bonds. The van der Waals surface area contributed by atoms with Gasteiger partial charge in [0, 0.05) is 14.0 Å². The minimum absolute atomic E-state index is 0. The van der Waals surface area contributed by atoms with Crippen molar-refractivity contribution in [3.8, 4) is 0 Å². The topological polar surface area (TPSA) is 63.6 Å². The second kappa shape index (κ2) is 4.61. The van der Waals surface area contributed by atoms with Crippen molar-refractivity contribution < 1.29 is 18.8 Å². The first-order valence-corrected chi connectivity index (χ1v) is 3.48. The van der Waals surface area contributed by atoms with Gasteiger partial charge in [-0.05, 0) is 0 Å². The van der Waals surface area contributed by atoms with E-state index >= 15 is 0 Å². The molecule has 50 valence electrons. The fourth-order valence-corrected chi connectivity index (χ4v) is 0.386. The molecule has 1 atom stereocenters. The summed E-state index contributed by atoms with van der Waals surface area (Å²) >= 11 is 0. The number of hydrogen-bond donors (Lipinski definition) is 1. The Kier molecular flexibility index (Phi) is 6.39. The van der Waals surface area contributed by atoms with E-state index in [-0.39, 0.29) is 29.6 Å². The first kappa shape index (κ1) is 12.5. The molecule has 9 heavy (non-hydrogen) atoms. The van der Waals surface area contributed by atoms with Crippen molar-refractivity contribution in [1.29, 1.82) is 0 Å². The number of carbonyl (C=O) groups excluding carboxylic acids is 1. The summed E-state index contributed by atoms with van der Waals surface area (Å²) in [6, 6.07) is 0. The van der Waals surface area contributed by atoms with Crippen molar-refractivity contribution in [1.82, 2.24) is 0 Å². The summed E-state index contributed by atoms with van der Waals surface area (Å²) in [6.07, 6.45) is 0. The number of hydrogen-bond acceptors (Lipinski definition) is 3. The molecule has 0 fully saturated rings. The monoisotopic (exact) mass is 162 g/mol. The molecule has 0 bridgehead atoms. The van der Waals surface area contributed by atoms with E-state index in [9.17, 15) is 9.36 Å². The van der Waals surface area contributed by atoms with Gasteiger partial charge >= 0.3 is 37.2 Å². The molecule has 0 aliphatic carbocycles. The van der Waals surface area contributed by atoms with Crippen molar-refractivity contribution in [2.45, 2.75) is 6.92 Å². The van der Waals surface area contributed by atoms with E-state index in [0.717, 1.165) is 14.0 Å². The predicted octanol–water partition coefficient (Wildman–Crippen LogP) is -0.284. The van der Waals surface area contributed by atoms with Gasteiger partial charge in [0.1, 0.15) is 0 Å². The molecular formula is C3H8NaO4P. The van der Waals surface area contributed by atoms with Crippen LogP contribution in [0.2, 0.25) is 0 Å². The maximum absolute atomic E-state index is 10.3. The number of rotatable bonds is 2. The second-order valence-corrected chi connectivity index (χ2v) is 3.26. The molecule has 4 nitrogen and oxygen atoms in total. The predicted molar refractivity (Wildman–Crippen MR) is 34.7 cm³/mol. The zero-order valence-electron chi connectivity index (χ0n) is 4.62. The van der Waals surface area contributed by atoms with Gasteiger partial charge in [-0.1, -0.05) is 0 Å². The third-order valence-electron chi connectivity index (χ3n) is 0.645. The Morgan fingerprint density at radius 3 is 2.00 bits per heavy atom. The van der Waals surface area contributed by atoms with Crippen LogP contribution in [0.3, 0.4) is 0 Å². The molecule has 1 unspecified atom stereocenters. The van der Waals surface area contributed by atoms with Crippen LogP contribution >= 0.6 is 7.60 Å². The molecule has 0 rings (SSSR count). The van der Waals surface area contributed by atoms with Gasteiger partial charge in [-0.25, -0.2) is 0 Å². The summed E-state index contributed by atoms with van der Waals surface area (Å²) in [4.78, 5) is 18.4. The Hall–Kier alpha value is 0.820. The fourth-order valence-electron chi connectivity index (χ4n) is 0.129. The SMILES string of the molecule is COP(=O)(O)C(C)=O.[NaH]. The Balaban J connectivity index is 0. The molecule has 0 aliphatic rings. The molecular weight excluding hydrogens is 154 g/mol. The first-order chi connectivity index (χ1) is 3.50. The molecule has 0 aromatic carbocycles. The summed E-state index contributed by atoms with van der Waals surface area (Å²) in [5.41, 5.74) is -0.833. The van der Waals surface area contributed by atoms with Gasteiger partial charge in [0.05, 0.1) is 0 Å². The van der Waals surface area contributed by atoms with E-state index in [1.807, 2.05) is 0 Å². The van der Waals surface area contributed by atoms with E-state index in [1.54, 1.807) is 0 Å². The fraction of sp³-hybridized carbons (Fsp3) is 0.667. The molecule has 0 radical (unpaired) electrons. The Morgan fingerprint density at radius 2 is 2.00 bits per heavy atom. The summed E-state index contributed by atoms with van der Waals surface area (Å²) in [7, 11) is -2.87. The maximum atomic E-state index is 10.3. The average molecular weight is 162 g/mol. The molecule has 0 aliphatic heterocycles. The average Bonchev–Trinajstić information content (AvgIpc) is 1.67. The van der Waals surface area contributed by atoms with Crippen LogP contribution in [-0.2, 0) is 13.9 Å². The van der Waals surface area contributed by atoms with Crippen LogP contribution in [-0.4, -0.2) is 47.1 Å². The van der Waals surface area contributed by atoms with E-state index in [1.165, 1.54) is 0 Å². The van der Waals surface area contributed by atoms with Gasteiger partial charge in [-0.15, -0.1) is 0 Å². The van der Waals surface area contributed by atoms with Gasteiger partial charge in [0.15, 0.2) is 0 Å². The van der Waals surface area contributed by atoms with Gasteiger partial charge in [0.25, 0.3) is 0 Å². The summed E-state index contributed by atoms with van der Waals surface area (Å²) in [5, 5.41) is 0. The van der Waals surface area contributed by atoms with Gasteiger partial charge in [0.2, 0.25) is 5.52 Å². The standard InChI is InChI=1S/C3H7O4P.Na.H/c1-3(4)8(5,6)7-2;;/h1-2H3,(H,5,6);;. The molecule has 0 aromatic heterocycles. The molecule has 0 saturated heterocycles. The minimum atomic E-state index is -3.88. The zero-order chi connectivity index (χ0) is 6.78. The van der Waals surface area contributed by atoms with Crippen molar-refractivity contribution >= 4 is 42.7 Å². The van der Waals surface area contributed by atoms with Gasteiger partial charge in [-0.3, -0.25) is 9.36 Å². The Morgan fingerprint density at radius 1 is 1.67 bits per heavy atom.